The van der Waals surface area contributed by atoms with Crippen LogP contribution in [-0.2, 0) is 18.7 Å². The number of nitrogens with one attached hydrogen (secondary N) is 1. The number of carbonyl (C=O) groups excluding carboxylic acids is 2. The normalized spacial score (nSPS) is 16.3. The molecule has 0 saturated carbocycles. The van der Waals surface area contributed by atoms with Crippen molar-refractivity contribution in [3.05, 3.63) is 0 Å². The number of ether oxygens (including phenoxy) is 2. The Labute approximate surface area is 146 Å². The van der Waals surface area contributed by atoms with Gasteiger partial charge in [0.1, 0.15) is 5.60 Å². The Bertz CT molecular complexity index is 441. The van der Waals surface area contributed by atoms with Crippen molar-refractivity contribution >= 4 is 21.1 Å². The second-order valence-electron chi connectivity index (χ2n) is 8.16. The van der Waals surface area contributed by atoms with E-state index in [9.17, 15) is 14.7 Å². The van der Waals surface area contributed by atoms with Crippen LogP contribution in [0, 0.1) is 5.41 Å². The maximum absolute atomic E-state index is 12.2. The number of amides is 1. The van der Waals surface area contributed by atoms with Crippen molar-refractivity contribution in [1.82, 2.24) is 5.32 Å². The lowest BCUT2D eigenvalue weighted by atomic mass is 9.85. The average molecular weight is 363 g/mol. The summed E-state index contributed by atoms with van der Waals surface area (Å²) in [5, 5.41) is 13.4. The smallest absolute Gasteiger partial charge is 0.408 e. The Morgan fingerprint density at radius 3 is 1.96 bits per heavy atom. The van der Waals surface area contributed by atoms with Crippen LogP contribution in [0.25, 0.3) is 0 Å². The monoisotopic (exact) mass is 362 g/mol. The summed E-state index contributed by atoms with van der Waals surface area (Å²) in [7, 11) is -0.295. The molecule has 24 heavy (non-hydrogen) atoms. The summed E-state index contributed by atoms with van der Waals surface area (Å²) in [5.41, 5.74) is -0.996. The standard InChI is InChI=1S/C16H32NO6Si/c1-14(2,3)10-11(17-13(19)22-15(4,5)6)16(20,12(18)21-7)23-24(8)9/h11,20H,10H2,1-9H3,(H,17,19)/t11-,16+/m1/s1. The fraction of sp³-hybridized carbons (Fsp3) is 0.875. The zero-order chi connectivity index (χ0) is 19.3. The van der Waals surface area contributed by atoms with E-state index in [2.05, 4.69) is 5.32 Å². The van der Waals surface area contributed by atoms with E-state index in [1.165, 1.54) is 0 Å². The Morgan fingerprint density at radius 2 is 1.62 bits per heavy atom. The van der Waals surface area contributed by atoms with Crippen molar-refractivity contribution in [2.24, 2.45) is 5.41 Å². The molecule has 0 bridgehead atoms. The van der Waals surface area contributed by atoms with Crippen LogP contribution in [0.5, 0.6) is 0 Å². The molecular weight excluding hydrogens is 330 g/mol. The summed E-state index contributed by atoms with van der Waals surface area (Å²) in [5.74, 6) is -3.21. The quantitative estimate of drug-likeness (QED) is 0.428. The third-order valence-corrected chi connectivity index (χ3v) is 3.54. The highest BCUT2D eigenvalue weighted by Crippen LogP contribution is 2.29. The molecule has 0 saturated heterocycles. The molecule has 0 aromatic rings. The van der Waals surface area contributed by atoms with Gasteiger partial charge in [-0.05, 0) is 45.7 Å². The largest absolute Gasteiger partial charge is 0.465 e. The van der Waals surface area contributed by atoms with Crippen LogP contribution in [0.2, 0.25) is 13.1 Å². The predicted octanol–water partition coefficient (Wildman–Crippen LogP) is 2.45. The van der Waals surface area contributed by atoms with E-state index in [4.69, 9.17) is 13.9 Å². The predicted molar refractivity (Wildman–Crippen MR) is 92.8 cm³/mol. The van der Waals surface area contributed by atoms with Crippen LogP contribution in [0.4, 0.5) is 4.79 Å². The molecule has 0 heterocycles. The lowest BCUT2D eigenvalue weighted by Crippen LogP contribution is -2.62. The number of alkyl carbamates (subject to hydrolysis) is 1. The summed E-state index contributed by atoms with van der Waals surface area (Å²) in [6, 6.07) is -1.01. The molecule has 2 N–H and O–H groups in total. The molecular formula is C16H32NO6Si. The molecule has 0 aromatic heterocycles. The van der Waals surface area contributed by atoms with Crippen LogP contribution < -0.4 is 5.32 Å². The Kier molecular flexibility index (Phi) is 7.92. The van der Waals surface area contributed by atoms with Crippen molar-refractivity contribution in [3.63, 3.8) is 0 Å². The van der Waals surface area contributed by atoms with Crippen molar-refractivity contribution < 1.29 is 28.6 Å². The molecule has 0 aliphatic carbocycles. The zero-order valence-electron chi connectivity index (χ0n) is 16.3. The molecule has 0 aromatic carbocycles. The number of carbonyl (C=O) groups is 2. The summed E-state index contributed by atoms with van der Waals surface area (Å²) >= 11 is 0. The van der Waals surface area contributed by atoms with E-state index >= 15 is 0 Å². The summed E-state index contributed by atoms with van der Waals surface area (Å²) in [4.78, 5) is 24.3. The highest BCUT2D eigenvalue weighted by molar-refractivity contribution is 6.48. The van der Waals surface area contributed by atoms with E-state index in [1.807, 2.05) is 20.8 Å². The van der Waals surface area contributed by atoms with Crippen molar-refractivity contribution in [2.75, 3.05) is 7.11 Å². The van der Waals surface area contributed by atoms with Gasteiger partial charge in [0.2, 0.25) is 9.04 Å². The van der Waals surface area contributed by atoms with Gasteiger partial charge in [0.15, 0.2) is 0 Å². The molecule has 0 aliphatic rings. The van der Waals surface area contributed by atoms with E-state index in [0.717, 1.165) is 7.11 Å². The first-order chi connectivity index (χ1) is 10.6. The van der Waals surface area contributed by atoms with E-state index in [0.29, 0.717) is 0 Å². The van der Waals surface area contributed by atoms with Gasteiger partial charge in [-0.15, -0.1) is 0 Å². The molecule has 8 heteroatoms. The number of hydrogen-bond acceptors (Lipinski definition) is 6. The minimum absolute atomic E-state index is 0.285. The number of methoxy groups -OCH3 is 1. The maximum Gasteiger partial charge on any atom is 0.408 e. The SMILES string of the molecule is COC(=O)[C@@](O)(O[Si](C)C)[C@@H](CC(C)(C)C)NC(=O)OC(C)(C)C. The molecule has 2 atom stereocenters. The lowest BCUT2D eigenvalue weighted by Gasteiger charge is -2.38. The molecule has 1 amide bonds. The van der Waals surface area contributed by atoms with Gasteiger partial charge >= 0.3 is 12.1 Å². The minimum atomic E-state index is -2.27. The van der Waals surface area contributed by atoms with Crippen molar-refractivity contribution in [2.45, 2.75) is 78.5 Å². The van der Waals surface area contributed by atoms with Gasteiger partial charge in [-0.2, -0.15) is 0 Å². The zero-order valence-corrected chi connectivity index (χ0v) is 17.3. The Balaban J connectivity index is 5.62. The first kappa shape index (κ1) is 22.9. The average Bonchev–Trinajstić information content (AvgIpc) is 2.31. The molecule has 0 unspecified atom stereocenters. The van der Waals surface area contributed by atoms with E-state index in [-0.39, 0.29) is 11.8 Å². The molecule has 0 fully saturated rings. The maximum atomic E-state index is 12.2. The van der Waals surface area contributed by atoms with Crippen LogP contribution in [0.3, 0.4) is 0 Å². The van der Waals surface area contributed by atoms with Crippen LogP contribution in [0.1, 0.15) is 48.0 Å². The summed E-state index contributed by atoms with van der Waals surface area (Å²) in [6.07, 6.45) is -0.448. The van der Waals surface area contributed by atoms with Crippen molar-refractivity contribution in [3.8, 4) is 0 Å². The number of aliphatic hydroxyl groups is 1. The first-order valence-electron chi connectivity index (χ1n) is 7.90. The highest BCUT2D eigenvalue weighted by atomic mass is 28.3. The third-order valence-electron chi connectivity index (χ3n) is 2.82. The van der Waals surface area contributed by atoms with Gasteiger partial charge in [-0.3, -0.25) is 0 Å². The first-order valence-corrected chi connectivity index (χ1v) is 10.3. The van der Waals surface area contributed by atoms with Crippen LogP contribution in [-0.4, -0.2) is 50.7 Å². The second-order valence-corrected chi connectivity index (χ2v) is 10.2. The highest BCUT2D eigenvalue weighted by Gasteiger charge is 2.49. The molecule has 0 spiro atoms. The Hall–Kier alpha value is -1.12. The van der Waals surface area contributed by atoms with Crippen molar-refractivity contribution in [1.29, 1.82) is 0 Å². The fourth-order valence-corrected chi connectivity index (χ4v) is 2.91. The van der Waals surface area contributed by atoms with Gasteiger partial charge < -0.3 is 24.3 Å². The minimum Gasteiger partial charge on any atom is -0.465 e. The second kappa shape index (κ2) is 8.31. The lowest BCUT2D eigenvalue weighted by molar-refractivity contribution is -0.209. The van der Waals surface area contributed by atoms with E-state index < -0.39 is 38.5 Å². The van der Waals surface area contributed by atoms with E-state index in [1.54, 1.807) is 33.9 Å². The molecule has 1 radical (unpaired) electrons. The van der Waals surface area contributed by atoms with Crippen LogP contribution in [0.15, 0.2) is 0 Å². The summed E-state index contributed by atoms with van der Waals surface area (Å²) < 4.78 is 15.5. The molecule has 0 rings (SSSR count). The van der Waals surface area contributed by atoms with Gasteiger partial charge in [0.25, 0.3) is 5.79 Å². The number of hydrogen-bond donors (Lipinski definition) is 2. The molecule has 0 aliphatic heterocycles. The number of esters is 1. The third kappa shape index (κ3) is 8.12. The number of rotatable bonds is 6. The Morgan fingerprint density at radius 1 is 1.12 bits per heavy atom. The summed E-state index contributed by atoms with van der Waals surface area (Å²) in [6.45, 7) is 14.5. The molecule has 7 nitrogen and oxygen atoms in total. The van der Waals surface area contributed by atoms with Gasteiger partial charge in [-0.25, -0.2) is 9.59 Å². The van der Waals surface area contributed by atoms with Gasteiger partial charge in [-0.1, -0.05) is 20.8 Å². The van der Waals surface area contributed by atoms with Gasteiger partial charge in [0.05, 0.1) is 13.2 Å². The topological polar surface area (TPSA) is 94.1 Å². The van der Waals surface area contributed by atoms with Crippen LogP contribution >= 0.6 is 0 Å². The fourth-order valence-electron chi connectivity index (χ4n) is 2.06. The molecule has 141 valence electrons. The van der Waals surface area contributed by atoms with Gasteiger partial charge in [0, 0.05) is 0 Å².